The summed E-state index contributed by atoms with van der Waals surface area (Å²) >= 11 is 0. The number of amides is 1. The fraction of sp³-hybridized carbons (Fsp3) is 0.200. The number of nitrogens with zero attached hydrogens (tertiary/aromatic N) is 1. The molecule has 0 aliphatic carbocycles. The van der Waals surface area contributed by atoms with Gasteiger partial charge in [0.1, 0.15) is 0 Å². The Kier molecular flexibility index (Phi) is 4.13. The Balaban J connectivity index is 2.11. The molecule has 4 nitrogen and oxygen atoms in total. The molecule has 1 aromatic heterocycles. The molecule has 2 N–H and O–H groups in total. The van der Waals surface area contributed by atoms with Crippen LogP contribution in [0.1, 0.15) is 18.2 Å². The zero-order chi connectivity index (χ0) is 13.7. The van der Waals surface area contributed by atoms with E-state index in [0.29, 0.717) is 6.54 Å². The minimum atomic E-state index is -0.0648. The number of nitrogens with one attached hydrogen (secondary N) is 2. The highest BCUT2D eigenvalue weighted by Gasteiger charge is 2.04. The third-order valence-electron chi connectivity index (χ3n) is 2.80. The van der Waals surface area contributed by atoms with E-state index in [-0.39, 0.29) is 5.91 Å². The number of hydrogen-bond acceptors (Lipinski definition) is 3. The minimum absolute atomic E-state index is 0.0648. The zero-order valence-corrected chi connectivity index (χ0v) is 11.1. The van der Waals surface area contributed by atoms with Crippen LogP contribution in [0, 0.1) is 6.92 Å². The number of para-hydroxylation sites is 1. The van der Waals surface area contributed by atoms with Crippen molar-refractivity contribution >= 4 is 17.3 Å². The SMILES string of the molecule is CC(=O)Nc1ccccc1CNc1cccnc1C. The van der Waals surface area contributed by atoms with Crippen LogP contribution in [-0.2, 0) is 11.3 Å². The van der Waals surface area contributed by atoms with Gasteiger partial charge in [0.25, 0.3) is 0 Å². The molecule has 0 atom stereocenters. The summed E-state index contributed by atoms with van der Waals surface area (Å²) in [5.41, 5.74) is 3.84. The first kappa shape index (κ1) is 13.1. The van der Waals surface area contributed by atoms with Crippen LogP contribution in [-0.4, -0.2) is 10.9 Å². The van der Waals surface area contributed by atoms with Crippen molar-refractivity contribution in [2.75, 3.05) is 10.6 Å². The van der Waals surface area contributed by atoms with Crippen LogP contribution in [0.15, 0.2) is 42.6 Å². The fourth-order valence-electron chi connectivity index (χ4n) is 1.85. The monoisotopic (exact) mass is 255 g/mol. The van der Waals surface area contributed by atoms with Crippen molar-refractivity contribution in [2.24, 2.45) is 0 Å². The second kappa shape index (κ2) is 6.00. The molecule has 0 saturated heterocycles. The Hall–Kier alpha value is -2.36. The molecule has 1 amide bonds. The molecule has 2 rings (SSSR count). The van der Waals surface area contributed by atoms with Crippen LogP contribution in [0.5, 0.6) is 0 Å². The second-order valence-electron chi connectivity index (χ2n) is 4.33. The van der Waals surface area contributed by atoms with E-state index in [0.717, 1.165) is 22.6 Å². The molecular formula is C15H17N3O. The summed E-state index contributed by atoms with van der Waals surface area (Å²) in [4.78, 5) is 15.4. The van der Waals surface area contributed by atoms with E-state index in [1.165, 1.54) is 6.92 Å². The summed E-state index contributed by atoms with van der Waals surface area (Å²) in [5, 5.41) is 6.16. The molecule has 0 bridgehead atoms. The van der Waals surface area contributed by atoms with Gasteiger partial charge < -0.3 is 10.6 Å². The van der Waals surface area contributed by atoms with Gasteiger partial charge in [-0.05, 0) is 30.7 Å². The maximum atomic E-state index is 11.2. The van der Waals surface area contributed by atoms with E-state index in [1.54, 1.807) is 6.20 Å². The number of pyridine rings is 1. The number of anilines is 2. The lowest BCUT2D eigenvalue weighted by molar-refractivity contribution is -0.114. The van der Waals surface area contributed by atoms with Gasteiger partial charge in [-0.3, -0.25) is 9.78 Å². The van der Waals surface area contributed by atoms with Crippen LogP contribution >= 0.6 is 0 Å². The number of carbonyl (C=O) groups is 1. The number of hydrogen-bond donors (Lipinski definition) is 2. The normalized spacial score (nSPS) is 10.0. The lowest BCUT2D eigenvalue weighted by Crippen LogP contribution is -2.10. The average Bonchev–Trinajstić information content (AvgIpc) is 2.39. The van der Waals surface area contributed by atoms with Gasteiger partial charge in [0.2, 0.25) is 5.91 Å². The smallest absolute Gasteiger partial charge is 0.221 e. The molecule has 0 fully saturated rings. The number of carbonyl (C=O) groups excluding carboxylic acids is 1. The van der Waals surface area contributed by atoms with Crippen molar-refractivity contribution in [3.8, 4) is 0 Å². The molecule has 0 unspecified atom stereocenters. The molecule has 0 saturated carbocycles. The highest BCUT2D eigenvalue weighted by Crippen LogP contribution is 2.18. The van der Waals surface area contributed by atoms with Crippen molar-refractivity contribution in [2.45, 2.75) is 20.4 Å². The third kappa shape index (κ3) is 3.55. The molecule has 0 aliphatic heterocycles. The summed E-state index contributed by atoms with van der Waals surface area (Å²) < 4.78 is 0. The van der Waals surface area contributed by atoms with Crippen molar-refractivity contribution < 1.29 is 4.79 Å². The molecule has 98 valence electrons. The second-order valence-corrected chi connectivity index (χ2v) is 4.33. The van der Waals surface area contributed by atoms with E-state index < -0.39 is 0 Å². The Morgan fingerprint density at radius 3 is 2.63 bits per heavy atom. The summed E-state index contributed by atoms with van der Waals surface area (Å²) in [7, 11) is 0. The molecule has 0 spiro atoms. The quantitative estimate of drug-likeness (QED) is 0.883. The van der Waals surface area contributed by atoms with Crippen LogP contribution in [0.25, 0.3) is 0 Å². The number of aryl methyl sites for hydroxylation is 1. The Morgan fingerprint density at radius 2 is 1.89 bits per heavy atom. The maximum absolute atomic E-state index is 11.2. The molecule has 0 radical (unpaired) electrons. The highest BCUT2D eigenvalue weighted by molar-refractivity contribution is 5.89. The first-order valence-electron chi connectivity index (χ1n) is 6.18. The van der Waals surface area contributed by atoms with E-state index in [9.17, 15) is 4.79 Å². The van der Waals surface area contributed by atoms with Gasteiger partial charge in [0, 0.05) is 25.4 Å². The van der Waals surface area contributed by atoms with Crippen molar-refractivity contribution in [3.05, 3.63) is 53.9 Å². The fourth-order valence-corrected chi connectivity index (χ4v) is 1.85. The van der Waals surface area contributed by atoms with E-state index in [1.807, 2.05) is 43.3 Å². The van der Waals surface area contributed by atoms with Gasteiger partial charge in [-0.25, -0.2) is 0 Å². The minimum Gasteiger partial charge on any atom is -0.379 e. The van der Waals surface area contributed by atoms with E-state index >= 15 is 0 Å². The third-order valence-corrected chi connectivity index (χ3v) is 2.80. The van der Waals surface area contributed by atoms with Crippen LogP contribution in [0.3, 0.4) is 0 Å². The standard InChI is InChI=1S/C15H17N3O/c1-11-14(8-5-9-16-11)17-10-13-6-3-4-7-15(13)18-12(2)19/h3-9,17H,10H2,1-2H3,(H,18,19). The molecule has 0 aliphatic rings. The molecule has 19 heavy (non-hydrogen) atoms. The van der Waals surface area contributed by atoms with Gasteiger partial charge in [-0.2, -0.15) is 0 Å². The lowest BCUT2D eigenvalue weighted by atomic mass is 10.1. The average molecular weight is 255 g/mol. The summed E-state index contributed by atoms with van der Waals surface area (Å²) in [6.07, 6.45) is 1.77. The van der Waals surface area contributed by atoms with Gasteiger partial charge in [0.15, 0.2) is 0 Å². The Morgan fingerprint density at radius 1 is 1.16 bits per heavy atom. The van der Waals surface area contributed by atoms with Crippen LogP contribution in [0.2, 0.25) is 0 Å². The number of benzene rings is 1. The van der Waals surface area contributed by atoms with Crippen molar-refractivity contribution in [1.29, 1.82) is 0 Å². The first-order chi connectivity index (χ1) is 9.16. The molecular weight excluding hydrogens is 238 g/mol. The number of aromatic nitrogens is 1. The predicted molar refractivity (Wildman–Crippen MR) is 77.0 cm³/mol. The van der Waals surface area contributed by atoms with E-state index in [2.05, 4.69) is 15.6 Å². The Labute approximate surface area is 112 Å². The molecule has 2 aromatic rings. The molecule has 1 heterocycles. The molecule has 4 heteroatoms. The van der Waals surface area contributed by atoms with Crippen molar-refractivity contribution in [3.63, 3.8) is 0 Å². The maximum Gasteiger partial charge on any atom is 0.221 e. The van der Waals surface area contributed by atoms with Gasteiger partial charge in [0.05, 0.1) is 11.4 Å². The number of rotatable bonds is 4. The summed E-state index contributed by atoms with van der Waals surface area (Å²) in [6.45, 7) is 4.11. The highest BCUT2D eigenvalue weighted by atomic mass is 16.1. The van der Waals surface area contributed by atoms with Gasteiger partial charge in [-0.1, -0.05) is 18.2 Å². The van der Waals surface area contributed by atoms with Crippen LogP contribution < -0.4 is 10.6 Å². The summed E-state index contributed by atoms with van der Waals surface area (Å²) in [5.74, 6) is -0.0648. The Bertz CT molecular complexity index is 581. The predicted octanol–water partition coefficient (Wildman–Crippen LogP) is 2.96. The largest absolute Gasteiger partial charge is 0.379 e. The van der Waals surface area contributed by atoms with Crippen LogP contribution in [0.4, 0.5) is 11.4 Å². The van der Waals surface area contributed by atoms with Crippen molar-refractivity contribution in [1.82, 2.24) is 4.98 Å². The zero-order valence-electron chi connectivity index (χ0n) is 11.1. The first-order valence-corrected chi connectivity index (χ1v) is 6.18. The molecule has 1 aromatic carbocycles. The summed E-state index contributed by atoms with van der Waals surface area (Å²) in [6, 6.07) is 11.6. The van der Waals surface area contributed by atoms with Gasteiger partial charge in [-0.15, -0.1) is 0 Å². The van der Waals surface area contributed by atoms with Gasteiger partial charge >= 0.3 is 0 Å². The van der Waals surface area contributed by atoms with E-state index in [4.69, 9.17) is 0 Å². The topological polar surface area (TPSA) is 54.0 Å². The lowest BCUT2D eigenvalue weighted by Gasteiger charge is -2.12.